The molecule has 0 bridgehead atoms. The van der Waals surface area contributed by atoms with Crippen molar-refractivity contribution in [3.8, 4) is 11.5 Å². The third-order valence-corrected chi connectivity index (χ3v) is 5.41. The Morgan fingerprint density at radius 1 is 1.08 bits per heavy atom. The molecule has 1 amide bonds. The van der Waals surface area contributed by atoms with Gasteiger partial charge in [-0.2, -0.15) is 0 Å². The molecule has 0 aliphatic rings. The maximum atomic E-state index is 11.6. The SMILES string of the molecule is CNC(=O)C(C)Sc1nnc(Nc2ccc(Oc3ccccc3)cc2)s1. The summed E-state index contributed by atoms with van der Waals surface area (Å²) in [6, 6.07) is 17.2. The van der Waals surface area contributed by atoms with Gasteiger partial charge in [0.25, 0.3) is 0 Å². The zero-order chi connectivity index (χ0) is 18.4. The molecule has 26 heavy (non-hydrogen) atoms. The van der Waals surface area contributed by atoms with Crippen molar-refractivity contribution in [3.05, 3.63) is 54.6 Å². The smallest absolute Gasteiger partial charge is 0.233 e. The van der Waals surface area contributed by atoms with Crippen LogP contribution in [0.4, 0.5) is 10.8 Å². The van der Waals surface area contributed by atoms with Crippen LogP contribution in [0, 0.1) is 0 Å². The van der Waals surface area contributed by atoms with E-state index >= 15 is 0 Å². The van der Waals surface area contributed by atoms with E-state index in [2.05, 4.69) is 20.8 Å². The number of para-hydroxylation sites is 1. The Hall–Kier alpha value is -2.58. The predicted molar refractivity (Wildman–Crippen MR) is 106 cm³/mol. The minimum atomic E-state index is -0.213. The standard InChI is InChI=1S/C18H18N4O2S2/c1-12(16(23)19-2)25-18-22-21-17(26-18)20-13-8-10-15(11-9-13)24-14-6-4-3-5-7-14/h3-12H,1-2H3,(H,19,23)(H,20,21). The summed E-state index contributed by atoms with van der Waals surface area (Å²) in [4.78, 5) is 11.6. The zero-order valence-corrected chi connectivity index (χ0v) is 15.9. The van der Waals surface area contributed by atoms with Gasteiger partial charge in [-0.3, -0.25) is 4.79 Å². The van der Waals surface area contributed by atoms with Crippen molar-refractivity contribution in [1.82, 2.24) is 15.5 Å². The van der Waals surface area contributed by atoms with E-state index in [0.29, 0.717) is 5.13 Å². The minimum Gasteiger partial charge on any atom is -0.457 e. The fourth-order valence-corrected chi connectivity index (χ4v) is 4.05. The number of amides is 1. The number of carbonyl (C=O) groups excluding carboxylic acids is 1. The molecule has 0 spiro atoms. The Morgan fingerprint density at radius 2 is 1.77 bits per heavy atom. The van der Waals surface area contributed by atoms with Crippen LogP contribution in [0.3, 0.4) is 0 Å². The molecule has 8 heteroatoms. The Labute approximate surface area is 160 Å². The van der Waals surface area contributed by atoms with Crippen molar-refractivity contribution in [1.29, 1.82) is 0 Å². The van der Waals surface area contributed by atoms with Crippen LogP contribution < -0.4 is 15.4 Å². The van der Waals surface area contributed by atoms with Crippen LogP contribution >= 0.6 is 23.1 Å². The van der Waals surface area contributed by atoms with Crippen LogP contribution in [0.2, 0.25) is 0 Å². The minimum absolute atomic E-state index is 0.0336. The average molecular weight is 387 g/mol. The number of hydrogen-bond donors (Lipinski definition) is 2. The molecular weight excluding hydrogens is 368 g/mol. The number of ether oxygens (including phenoxy) is 1. The number of nitrogens with zero attached hydrogens (tertiary/aromatic N) is 2. The van der Waals surface area contributed by atoms with Crippen LogP contribution in [-0.2, 0) is 4.79 Å². The quantitative estimate of drug-likeness (QED) is 0.590. The van der Waals surface area contributed by atoms with E-state index in [1.165, 1.54) is 23.1 Å². The molecule has 1 unspecified atom stereocenters. The molecule has 6 nitrogen and oxygen atoms in total. The summed E-state index contributed by atoms with van der Waals surface area (Å²) in [5, 5.41) is 14.5. The second-order valence-corrected chi connectivity index (χ2v) is 7.88. The monoisotopic (exact) mass is 386 g/mol. The molecule has 3 rings (SSSR count). The number of carbonyl (C=O) groups is 1. The highest BCUT2D eigenvalue weighted by molar-refractivity contribution is 8.02. The summed E-state index contributed by atoms with van der Waals surface area (Å²) < 4.78 is 6.51. The summed E-state index contributed by atoms with van der Waals surface area (Å²) in [7, 11) is 1.62. The molecule has 1 aromatic heterocycles. The van der Waals surface area contributed by atoms with Crippen molar-refractivity contribution >= 4 is 39.8 Å². The van der Waals surface area contributed by atoms with Crippen molar-refractivity contribution in [3.63, 3.8) is 0 Å². The lowest BCUT2D eigenvalue weighted by atomic mass is 10.3. The highest BCUT2D eigenvalue weighted by atomic mass is 32.2. The highest BCUT2D eigenvalue weighted by Crippen LogP contribution is 2.31. The first kappa shape index (κ1) is 18.2. The molecule has 0 saturated carbocycles. The van der Waals surface area contributed by atoms with E-state index < -0.39 is 0 Å². The van der Waals surface area contributed by atoms with Gasteiger partial charge in [-0.25, -0.2) is 0 Å². The van der Waals surface area contributed by atoms with Gasteiger partial charge in [0.15, 0.2) is 4.34 Å². The lowest BCUT2D eigenvalue weighted by Crippen LogP contribution is -2.27. The van der Waals surface area contributed by atoms with Crippen molar-refractivity contribution < 1.29 is 9.53 Å². The van der Waals surface area contributed by atoms with Crippen LogP contribution in [0.25, 0.3) is 0 Å². The predicted octanol–water partition coefficient (Wildman–Crippen LogP) is 4.30. The van der Waals surface area contributed by atoms with Gasteiger partial charge >= 0.3 is 0 Å². The zero-order valence-electron chi connectivity index (χ0n) is 14.3. The van der Waals surface area contributed by atoms with Crippen molar-refractivity contribution in [2.24, 2.45) is 0 Å². The van der Waals surface area contributed by atoms with Crippen LogP contribution in [0.5, 0.6) is 11.5 Å². The van der Waals surface area contributed by atoms with Crippen LogP contribution in [0.15, 0.2) is 58.9 Å². The van der Waals surface area contributed by atoms with Gasteiger partial charge in [0.05, 0.1) is 5.25 Å². The maximum Gasteiger partial charge on any atom is 0.233 e. The van der Waals surface area contributed by atoms with E-state index in [1.807, 2.05) is 61.5 Å². The fraction of sp³-hybridized carbons (Fsp3) is 0.167. The molecular formula is C18H18N4O2S2. The van der Waals surface area contributed by atoms with Gasteiger partial charge < -0.3 is 15.4 Å². The van der Waals surface area contributed by atoms with E-state index in [4.69, 9.17) is 4.74 Å². The summed E-state index contributed by atoms with van der Waals surface area (Å²) in [5.74, 6) is 1.52. The number of nitrogens with one attached hydrogen (secondary N) is 2. The third-order valence-electron chi connectivity index (χ3n) is 3.38. The number of anilines is 2. The Balaban J connectivity index is 1.58. The largest absolute Gasteiger partial charge is 0.457 e. The molecule has 3 aromatic rings. The molecule has 2 aromatic carbocycles. The van der Waals surface area contributed by atoms with Gasteiger partial charge in [0.2, 0.25) is 11.0 Å². The number of hydrogen-bond acceptors (Lipinski definition) is 7. The van der Waals surface area contributed by atoms with Gasteiger partial charge in [0.1, 0.15) is 11.5 Å². The molecule has 1 heterocycles. The summed E-state index contributed by atoms with van der Waals surface area (Å²) >= 11 is 2.79. The Bertz CT molecular complexity index is 853. The first-order chi connectivity index (χ1) is 12.6. The van der Waals surface area contributed by atoms with Gasteiger partial charge in [-0.05, 0) is 43.3 Å². The first-order valence-electron chi connectivity index (χ1n) is 7.96. The van der Waals surface area contributed by atoms with Gasteiger partial charge in [-0.15, -0.1) is 10.2 Å². The Kier molecular flexibility index (Phi) is 6.08. The number of aromatic nitrogens is 2. The lowest BCUT2D eigenvalue weighted by Gasteiger charge is -2.07. The van der Waals surface area contributed by atoms with Crippen molar-refractivity contribution in [2.75, 3.05) is 12.4 Å². The molecule has 0 saturated heterocycles. The van der Waals surface area contributed by atoms with Crippen molar-refractivity contribution in [2.45, 2.75) is 16.5 Å². The first-order valence-corrected chi connectivity index (χ1v) is 9.65. The van der Waals surface area contributed by atoms with Gasteiger partial charge in [0, 0.05) is 12.7 Å². The normalized spacial score (nSPS) is 11.6. The number of benzene rings is 2. The van der Waals surface area contributed by atoms with Crippen LogP contribution in [0.1, 0.15) is 6.92 Å². The van der Waals surface area contributed by atoms with E-state index in [-0.39, 0.29) is 11.2 Å². The third kappa shape index (κ3) is 4.96. The summed E-state index contributed by atoms with van der Waals surface area (Å²) in [6.07, 6.45) is 0. The lowest BCUT2D eigenvalue weighted by molar-refractivity contribution is -0.119. The maximum absolute atomic E-state index is 11.6. The molecule has 0 aliphatic carbocycles. The second-order valence-electron chi connectivity index (χ2n) is 5.31. The number of thioether (sulfide) groups is 1. The van der Waals surface area contributed by atoms with Crippen LogP contribution in [-0.4, -0.2) is 28.4 Å². The van der Waals surface area contributed by atoms with E-state index in [1.54, 1.807) is 7.05 Å². The molecule has 0 fully saturated rings. The highest BCUT2D eigenvalue weighted by Gasteiger charge is 2.15. The summed E-state index contributed by atoms with van der Waals surface area (Å²) in [5.41, 5.74) is 0.887. The molecule has 0 aliphatic heterocycles. The summed E-state index contributed by atoms with van der Waals surface area (Å²) in [6.45, 7) is 1.84. The molecule has 2 N–H and O–H groups in total. The molecule has 0 radical (unpaired) electrons. The Morgan fingerprint density at radius 3 is 2.46 bits per heavy atom. The van der Waals surface area contributed by atoms with E-state index in [9.17, 15) is 4.79 Å². The molecule has 1 atom stereocenters. The molecule has 134 valence electrons. The van der Waals surface area contributed by atoms with Gasteiger partial charge in [-0.1, -0.05) is 41.3 Å². The fourth-order valence-electron chi connectivity index (χ4n) is 2.07. The average Bonchev–Trinajstić information content (AvgIpc) is 3.10. The van der Waals surface area contributed by atoms with E-state index in [0.717, 1.165) is 21.5 Å². The topological polar surface area (TPSA) is 76.1 Å². The second kappa shape index (κ2) is 8.68. The number of rotatable bonds is 7.